The Labute approximate surface area is 142 Å². The maximum Gasteiger partial charge on any atom is 0.260 e. The number of nitrogens with one attached hydrogen (secondary N) is 2. The summed E-state index contributed by atoms with van der Waals surface area (Å²) in [5.74, 6) is -0.718. The van der Waals surface area contributed by atoms with Crippen molar-refractivity contribution in [2.75, 3.05) is 0 Å². The molecule has 0 radical (unpaired) electrons. The molecule has 0 aliphatic rings. The molecule has 0 atom stereocenters. The van der Waals surface area contributed by atoms with E-state index in [1.807, 2.05) is 24.3 Å². The van der Waals surface area contributed by atoms with E-state index in [-0.39, 0.29) is 18.9 Å². The van der Waals surface area contributed by atoms with E-state index >= 15 is 0 Å². The van der Waals surface area contributed by atoms with Gasteiger partial charge in [-0.2, -0.15) is 0 Å². The maximum atomic E-state index is 11.9. The minimum atomic E-state index is -0.393. The second-order valence-corrected chi connectivity index (χ2v) is 5.57. The number of rotatable bonds is 4. The quantitative estimate of drug-likeness (QED) is 0.702. The first-order valence-electron chi connectivity index (χ1n) is 7.22. The third kappa shape index (κ3) is 3.88. The number of hydrazine groups is 1. The fourth-order valence-corrected chi connectivity index (χ4v) is 2.31. The number of halogens is 1. The minimum Gasteiger partial charge on any atom is -0.273 e. The zero-order valence-electron chi connectivity index (χ0n) is 12.6. The van der Waals surface area contributed by atoms with E-state index < -0.39 is 5.91 Å². The van der Waals surface area contributed by atoms with Crippen LogP contribution >= 0.6 is 11.6 Å². The highest BCUT2D eigenvalue weighted by Crippen LogP contribution is 2.10. The molecule has 2 N–H and O–H groups in total. The predicted octanol–water partition coefficient (Wildman–Crippen LogP) is 1.47. The zero-order valence-corrected chi connectivity index (χ0v) is 13.3. The van der Waals surface area contributed by atoms with Crippen molar-refractivity contribution < 1.29 is 9.59 Å². The normalized spacial score (nSPS) is 10.5. The lowest BCUT2D eigenvalue weighted by atomic mass is 10.1. The van der Waals surface area contributed by atoms with Gasteiger partial charge in [-0.1, -0.05) is 41.1 Å². The molecule has 0 fully saturated rings. The van der Waals surface area contributed by atoms with Gasteiger partial charge in [-0.25, -0.2) is 4.68 Å². The average Bonchev–Trinajstić information content (AvgIpc) is 2.98. The molecule has 7 nitrogen and oxygen atoms in total. The van der Waals surface area contributed by atoms with E-state index in [0.717, 1.165) is 11.1 Å². The Balaban J connectivity index is 1.52. The molecular formula is C16H14ClN5O2. The van der Waals surface area contributed by atoms with Crippen LogP contribution in [0.15, 0.2) is 48.5 Å². The highest BCUT2D eigenvalue weighted by atomic mass is 35.5. The number of carbonyl (C=O) groups is 2. The van der Waals surface area contributed by atoms with Crippen molar-refractivity contribution in [1.82, 2.24) is 25.8 Å². The first kappa shape index (κ1) is 15.9. The summed E-state index contributed by atoms with van der Waals surface area (Å²) >= 11 is 5.79. The Hall–Kier alpha value is -2.93. The predicted molar refractivity (Wildman–Crippen MR) is 89.0 cm³/mol. The topological polar surface area (TPSA) is 88.9 Å². The molecule has 122 valence electrons. The lowest BCUT2D eigenvalue weighted by Gasteiger charge is -2.08. The van der Waals surface area contributed by atoms with Crippen molar-refractivity contribution >= 4 is 34.4 Å². The summed E-state index contributed by atoms with van der Waals surface area (Å²) in [5, 5.41) is 8.49. The Morgan fingerprint density at radius 1 is 1.00 bits per heavy atom. The van der Waals surface area contributed by atoms with Crippen molar-refractivity contribution in [1.29, 1.82) is 0 Å². The summed E-state index contributed by atoms with van der Waals surface area (Å²) in [4.78, 5) is 23.7. The van der Waals surface area contributed by atoms with E-state index in [1.165, 1.54) is 4.68 Å². The molecule has 0 spiro atoms. The number of carbonyl (C=O) groups excluding carboxylic acids is 2. The molecule has 0 saturated carbocycles. The molecule has 1 aromatic heterocycles. The largest absolute Gasteiger partial charge is 0.273 e. The van der Waals surface area contributed by atoms with Gasteiger partial charge < -0.3 is 0 Å². The molecule has 3 aromatic rings. The van der Waals surface area contributed by atoms with E-state index in [2.05, 4.69) is 21.2 Å². The van der Waals surface area contributed by atoms with Crippen molar-refractivity contribution in [3.8, 4) is 0 Å². The average molecular weight is 344 g/mol. The molecular weight excluding hydrogens is 330 g/mol. The molecule has 3 rings (SSSR count). The van der Waals surface area contributed by atoms with Crippen molar-refractivity contribution in [3.63, 3.8) is 0 Å². The summed E-state index contributed by atoms with van der Waals surface area (Å²) in [5.41, 5.74) is 6.99. The van der Waals surface area contributed by atoms with E-state index in [9.17, 15) is 9.59 Å². The number of benzene rings is 2. The summed E-state index contributed by atoms with van der Waals surface area (Å²) < 4.78 is 1.47. The highest BCUT2D eigenvalue weighted by molar-refractivity contribution is 6.30. The van der Waals surface area contributed by atoms with Crippen LogP contribution in [0.2, 0.25) is 5.02 Å². The second kappa shape index (κ2) is 7.10. The Bertz CT molecular complexity index is 876. The van der Waals surface area contributed by atoms with Crippen molar-refractivity contribution in [3.05, 3.63) is 59.1 Å². The van der Waals surface area contributed by atoms with Gasteiger partial charge in [-0.05, 0) is 29.8 Å². The van der Waals surface area contributed by atoms with Crippen LogP contribution in [0.5, 0.6) is 0 Å². The number of nitrogens with zero attached hydrogens (tertiary/aromatic N) is 3. The zero-order chi connectivity index (χ0) is 16.9. The van der Waals surface area contributed by atoms with Crippen LogP contribution in [0.3, 0.4) is 0 Å². The second-order valence-electron chi connectivity index (χ2n) is 5.14. The minimum absolute atomic E-state index is 0.0399. The molecule has 1 heterocycles. The SMILES string of the molecule is O=C(Cc1ccc(Cl)cc1)NNC(=O)Cn1nnc2ccccc21. The molecule has 0 aliphatic heterocycles. The van der Waals surface area contributed by atoms with E-state index in [4.69, 9.17) is 11.6 Å². The number of hydrogen-bond acceptors (Lipinski definition) is 4. The van der Waals surface area contributed by atoms with Crippen LogP contribution in [-0.2, 0) is 22.6 Å². The number of para-hydroxylation sites is 1. The van der Waals surface area contributed by atoms with Crippen molar-refractivity contribution in [2.45, 2.75) is 13.0 Å². The van der Waals surface area contributed by atoms with Gasteiger partial charge in [0.2, 0.25) is 5.91 Å². The Morgan fingerprint density at radius 3 is 2.50 bits per heavy atom. The fourth-order valence-electron chi connectivity index (χ4n) is 2.18. The first-order chi connectivity index (χ1) is 11.6. The number of amides is 2. The molecule has 0 unspecified atom stereocenters. The Morgan fingerprint density at radius 2 is 1.71 bits per heavy atom. The lowest BCUT2D eigenvalue weighted by Crippen LogP contribution is -2.43. The number of fused-ring (bicyclic) bond motifs is 1. The standard InChI is InChI=1S/C16H14ClN5O2/c17-12-7-5-11(6-8-12)9-15(23)19-20-16(24)10-22-14-4-2-1-3-13(14)18-21-22/h1-8H,9-10H2,(H,19,23)(H,20,24). The molecule has 24 heavy (non-hydrogen) atoms. The summed E-state index contributed by atoms with van der Waals surface area (Å²) in [6.45, 7) is -0.0399. The third-order valence-electron chi connectivity index (χ3n) is 3.33. The summed E-state index contributed by atoms with van der Waals surface area (Å²) in [6, 6.07) is 14.2. The summed E-state index contributed by atoms with van der Waals surface area (Å²) in [7, 11) is 0. The van der Waals surface area contributed by atoms with Gasteiger partial charge in [0, 0.05) is 5.02 Å². The van der Waals surface area contributed by atoms with Crippen LogP contribution in [0.4, 0.5) is 0 Å². The molecule has 0 aliphatic carbocycles. The van der Waals surface area contributed by atoms with Crippen LogP contribution < -0.4 is 10.9 Å². The molecule has 2 aromatic carbocycles. The first-order valence-corrected chi connectivity index (χ1v) is 7.60. The number of aromatic nitrogens is 3. The lowest BCUT2D eigenvalue weighted by molar-refractivity contribution is -0.129. The molecule has 0 bridgehead atoms. The van der Waals surface area contributed by atoms with Gasteiger partial charge >= 0.3 is 0 Å². The molecule has 2 amide bonds. The third-order valence-corrected chi connectivity index (χ3v) is 3.58. The van der Waals surface area contributed by atoms with Gasteiger partial charge in [0.15, 0.2) is 0 Å². The van der Waals surface area contributed by atoms with Gasteiger partial charge in [0.1, 0.15) is 12.1 Å². The summed E-state index contributed by atoms with van der Waals surface area (Å²) in [6.07, 6.45) is 0.143. The van der Waals surface area contributed by atoms with Crippen LogP contribution in [0.25, 0.3) is 11.0 Å². The van der Waals surface area contributed by atoms with Gasteiger partial charge in [0.25, 0.3) is 5.91 Å². The number of hydrogen-bond donors (Lipinski definition) is 2. The smallest absolute Gasteiger partial charge is 0.260 e. The highest BCUT2D eigenvalue weighted by Gasteiger charge is 2.10. The van der Waals surface area contributed by atoms with Crippen LogP contribution in [-0.4, -0.2) is 26.8 Å². The fraction of sp³-hybridized carbons (Fsp3) is 0.125. The Kier molecular flexibility index (Phi) is 4.72. The molecule has 8 heteroatoms. The monoisotopic (exact) mass is 343 g/mol. The van der Waals surface area contributed by atoms with E-state index in [1.54, 1.807) is 24.3 Å². The van der Waals surface area contributed by atoms with Crippen LogP contribution in [0, 0.1) is 0 Å². The van der Waals surface area contributed by atoms with Crippen molar-refractivity contribution in [2.24, 2.45) is 0 Å². The van der Waals surface area contributed by atoms with Crippen LogP contribution in [0.1, 0.15) is 5.56 Å². The van der Waals surface area contributed by atoms with Gasteiger partial charge in [0.05, 0.1) is 11.9 Å². The molecule has 0 saturated heterocycles. The maximum absolute atomic E-state index is 11.9. The van der Waals surface area contributed by atoms with E-state index in [0.29, 0.717) is 10.5 Å². The van der Waals surface area contributed by atoms with Gasteiger partial charge in [-0.15, -0.1) is 5.10 Å². The van der Waals surface area contributed by atoms with Gasteiger partial charge in [-0.3, -0.25) is 20.4 Å².